The maximum absolute atomic E-state index is 14.6. The van der Waals surface area contributed by atoms with Crippen molar-refractivity contribution in [1.29, 1.82) is 0 Å². The molecule has 2 aromatic heterocycles. The Morgan fingerprint density at radius 1 is 1.17 bits per heavy atom. The van der Waals surface area contributed by atoms with Gasteiger partial charge in [0.25, 0.3) is 11.8 Å². The quantitative estimate of drug-likeness (QED) is 0.395. The first-order chi connectivity index (χ1) is 17.0. The fourth-order valence-electron chi connectivity index (χ4n) is 3.90. The van der Waals surface area contributed by atoms with E-state index in [0.717, 1.165) is 22.4 Å². The molecule has 1 saturated heterocycles. The van der Waals surface area contributed by atoms with Gasteiger partial charge >= 0.3 is 0 Å². The smallest absolute Gasteiger partial charge is 0.268 e. The number of nitrogens with one attached hydrogen (secondary N) is 1. The summed E-state index contributed by atoms with van der Waals surface area (Å²) in [6.45, 7) is 3.53. The zero-order valence-electron chi connectivity index (χ0n) is 19.8. The van der Waals surface area contributed by atoms with Gasteiger partial charge in [-0.15, -0.1) is 10.2 Å². The predicted molar refractivity (Wildman–Crippen MR) is 137 cm³/mol. The summed E-state index contributed by atoms with van der Waals surface area (Å²) in [5.41, 5.74) is 3.48. The second kappa shape index (κ2) is 11.1. The maximum Gasteiger partial charge on any atom is 0.268 e. The van der Waals surface area contributed by atoms with Gasteiger partial charge in [-0.1, -0.05) is 18.2 Å². The fraction of sp³-hybridized carbons (Fsp3) is 0.280. The Morgan fingerprint density at radius 3 is 2.64 bits per heavy atom. The average molecular weight is 516 g/mol. The van der Waals surface area contributed by atoms with Crippen molar-refractivity contribution in [3.05, 3.63) is 65.7 Å². The third kappa shape index (κ3) is 5.24. The molecule has 11 heteroatoms. The molecule has 0 radical (unpaired) electrons. The Kier molecular flexibility index (Phi) is 7.94. The first kappa shape index (κ1) is 25.7. The summed E-state index contributed by atoms with van der Waals surface area (Å²) in [5.74, 6) is -0.210. The van der Waals surface area contributed by atoms with E-state index in [0.29, 0.717) is 36.8 Å². The van der Waals surface area contributed by atoms with Crippen LogP contribution in [0.5, 0.6) is 0 Å². The molecule has 0 amide bonds. The average Bonchev–Trinajstić information content (AvgIpc) is 3.57. The van der Waals surface area contributed by atoms with E-state index in [1.807, 2.05) is 24.3 Å². The number of benzene rings is 2. The summed E-state index contributed by atoms with van der Waals surface area (Å²) in [6.07, 6.45) is 2.46. The molecule has 1 aliphatic rings. The second-order valence-corrected chi connectivity index (χ2v) is 9.99. The van der Waals surface area contributed by atoms with Crippen LogP contribution in [0.25, 0.3) is 34.3 Å². The molecule has 3 heterocycles. The van der Waals surface area contributed by atoms with Gasteiger partial charge < -0.3 is 19.9 Å². The van der Waals surface area contributed by atoms with Crippen molar-refractivity contribution in [3.8, 4) is 34.3 Å². The summed E-state index contributed by atoms with van der Waals surface area (Å²) in [6, 6.07) is 12.3. The zero-order chi connectivity index (χ0) is 24.4. The van der Waals surface area contributed by atoms with Gasteiger partial charge in [0.15, 0.2) is 0 Å². The molecule has 2 unspecified atom stereocenters. The number of aryl methyl sites for hydroxylation is 1. The van der Waals surface area contributed by atoms with Crippen LogP contribution in [0.2, 0.25) is 0 Å². The van der Waals surface area contributed by atoms with Crippen molar-refractivity contribution in [2.75, 3.05) is 20.3 Å². The van der Waals surface area contributed by atoms with Crippen LogP contribution in [0.4, 0.5) is 4.39 Å². The van der Waals surface area contributed by atoms with Crippen LogP contribution >= 0.6 is 0 Å². The van der Waals surface area contributed by atoms with Crippen molar-refractivity contribution in [2.45, 2.75) is 30.0 Å². The number of nitrogens with zero attached hydrogens (tertiary/aromatic N) is 4. The molecule has 5 rings (SSSR count). The van der Waals surface area contributed by atoms with Gasteiger partial charge in [-0.05, 0) is 50.2 Å². The zero-order valence-corrected chi connectivity index (χ0v) is 20.6. The number of ether oxygens (including phenoxy) is 1. The highest BCUT2D eigenvalue weighted by molar-refractivity contribution is 7.85. The predicted octanol–water partition coefficient (Wildman–Crippen LogP) is 3.59. The van der Waals surface area contributed by atoms with E-state index in [4.69, 9.17) is 9.15 Å². The van der Waals surface area contributed by atoms with Crippen molar-refractivity contribution in [1.82, 2.24) is 25.5 Å². The van der Waals surface area contributed by atoms with Crippen LogP contribution in [0.1, 0.15) is 20.5 Å². The lowest BCUT2D eigenvalue weighted by Crippen LogP contribution is -2.14. The highest BCUT2D eigenvalue weighted by Gasteiger charge is 2.23. The Bertz CT molecular complexity index is 1380. The normalized spacial score (nSPS) is 16.0. The monoisotopic (exact) mass is 515 g/mol. The number of hydrogen-bond donors (Lipinski definition) is 1. The van der Waals surface area contributed by atoms with Crippen LogP contribution in [-0.4, -0.2) is 55.4 Å². The highest BCUT2D eigenvalue weighted by atomic mass is 32.2. The van der Waals surface area contributed by atoms with Crippen molar-refractivity contribution in [2.24, 2.45) is 0 Å². The maximum atomic E-state index is 14.6. The van der Waals surface area contributed by atoms with Gasteiger partial charge in [0.1, 0.15) is 11.5 Å². The summed E-state index contributed by atoms with van der Waals surface area (Å²) in [7, 11) is 0.690. The van der Waals surface area contributed by atoms with Gasteiger partial charge in [-0.2, -0.15) is 0 Å². The summed E-state index contributed by atoms with van der Waals surface area (Å²) in [5, 5.41) is 11.1. The molecule has 1 fully saturated rings. The molecular weight excluding hydrogens is 485 g/mol. The standard InChI is InChI=1S/C25H24FN5O3S.H2O.2H2/c1-15-23(25-31-30-24(34-25)20-8-3-16(12-27-2)11-21(20)26)29-22(13-28-15)17-4-6-18(7-5-17)35(32)19-9-10-33-14-19;;;/h3-8,11,13,19,27H,9-10,12,14H2,1-2H3;1H2;2*1H. The molecular formula is C25H30FN5O4S. The first-order valence-electron chi connectivity index (χ1n) is 11.2. The third-order valence-electron chi connectivity index (χ3n) is 5.80. The molecule has 3 N–H and O–H groups in total. The number of hydrogen-bond acceptors (Lipinski definition) is 8. The molecule has 4 aromatic rings. The summed E-state index contributed by atoms with van der Waals surface area (Å²) in [4.78, 5) is 9.87. The molecule has 0 bridgehead atoms. The second-order valence-electron chi connectivity index (χ2n) is 8.25. The van der Waals surface area contributed by atoms with E-state index in [1.54, 1.807) is 32.3 Å². The molecule has 192 valence electrons. The molecule has 0 spiro atoms. The Balaban J connectivity index is 0.00000169. The van der Waals surface area contributed by atoms with Crippen LogP contribution < -0.4 is 5.32 Å². The molecule has 0 saturated carbocycles. The lowest BCUT2D eigenvalue weighted by Gasteiger charge is -2.09. The molecule has 9 nitrogen and oxygen atoms in total. The van der Waals surface area contributed by atoms with E-state index in [-0.39, 0.29) is 30.9 Å². The van der Waals surface area contributed by atoms with Crippen LogP contribution in [0.15, 0.2) is 58.0 Å². The lowest BCUT2D eigenvalue weighted by molar-refractivity contribution is 0.199. The van der Waals surface area contributed by atoms with Crippen molar-refractivity contribution >= 4 is 10.8 Å². The van der Waals surface area contributed by atoms with E-state index in [1.165, 1.54) is 6.07 Å². The SMILES string of the molecule is CNCc1ccc(-c2nnc(-c3nc(-c4ccc(S(=O)C5CCOC5)cc4)cnc3C)o2)c(F)c1.O.[HH].[HH]. The van der Waals surface area contributed by atoms with E-state index >= 15 is 0 Å². The number of aromatic nitrogens is 4. The molecule has 1 aliphatic heterocycles. The number of rotatable bonds is 7. The van der Waals surface area contributed by atoms with Gasteiger partial charge in [-0.3, -0.25) is 9.19 Å². The van der Waals surface area contributed by atoms with Crippen molar-refractivity contribution in [3.63, 3.8) is 0 Å². The van der Waals surface area contributed by atoms with Gasteiger partial charge in [0, 0.05) is 26.5 Å². The Hall–Kier alpha value is -3.38. The van der Waals surface area contributed by atoms with Crippen LogP contribution in [0, 0.1) is 12.7 Å². The third-order valence-corrected chi connectivity index (χ3v) is 7.51. The molecule has 2 aromatic carbocycles. The summed E-state index contributed by atoms with van der Waals surface area (Å²) >= 11 is 0. The highest BCUT2D eigenvalue weighted by Crippen LogP contribution is 2.29. The van der Waals surface area contributed by atoms with E-state index in [9.17, 15) is 8.60 Å². The van der Waals surface area contributed by atoms with Gasteiger partial charge in [0.2, 0.25) is 0 Å². The van der Waals surface area contributed by atoms with E-state index < -0.39 is 16.6 Å². The molecule has 0 aliphatic carbocycles. The minimum atomic E-state index is -1.11. The minimum absolute atomic E-state index is 0. The van der Waals surface area contributed by atoms with Gasteiger partial charge in [0.05, 0.1) is 45.8 Å². The van der Waals surface area contributed by atoms with Crippen LogP contribution in [0.3, 0.4) is 0 Å². The summed E-state index contributed by atoms with van der Waals surface area (Å²) < 4.78 is 38.5. The van der Waals surface area contributed by atoms with Gasteiger partial charge in [-0.25, -0.2) is 9.37 Å². The topological polar surface area (TPSA) is 135 Å². The molecule has 2 atom stereocenters. The largest absolute Gasteiger partial charge is 0.414 e. The Labute approximate surface area is 212 Å². The number of halogens is 1. The van der Waals surface area contributed by atoms with Crippen molar-refractivity contribution < 1.29 is 26.1 Å². The minimum Gasteiger partial charge on any atom is -0.414 e. The fourth-order valence-corrected chi connectivity index (χ4v) is 5.22. The molecule has 36 heavy (non-hydrogen) atoms. The Morgan fingerprint density at radius 2 is 1.94 bits per heavy atom. The lowest BCUT2D eigenvalue weighted by atomic mass is 10.1. The van der Waals surface area contributed by atoms with Crippen LogP contribution in [-0.2, 0) is 22.1 Å². The first-order valence-corrected chi connectivity index (χ1v) is 12.4. The van der Waals surface area contributed by atoms with E-state index in [2.05, 4.69) is 25.5 Å².